The zero-order valence-corrected chi connectivity index (χ0v) is 12.6. The van der Waals surface area contributed by atoms with Gasteiger partial charge in [0, 0.05) is 5.69 Å². The first-order valence-corrected chi connectivity index (χ1v) is 6.97. The number of anilines is 2. The van der Waals surface area contributed by atoms with E-state index in [0.717, 1.165) is 0 Å². The molecule has 1 N–H and O–H groups in total. The number of hydrogen-bond acceptors (Lipinski definition) is 5. The number of halogens is 1. The van der Waals surface area contributed by atoms with Gasteiger partial charge >= 0.3 is 5.97 Å². The van der Waals surface area contributed by atoms with E-state index in [0.29, 0.717) is 22.3 Å². The molecule has 0 aliphatic heterocycles. The summed E-state index contributed by atoms with van der Waals surface area (Å²) in [5.41, 5.74) is 2.26. The molecule has 6 heteroatoms. The average molecular weight is 311 g/mol. The second-order valence-electron chi connectivity index (χ2n) is 4.99. The van der Waals surface area contributed by atoms with Crippen molar-refractivity contribution in [2.75, 3.05) is 12.4 Å². The lowest BCUT2D eigenvalue weighted by atomic mass is 10.2. The summed E-state index contributed by atoms with van der Waals surface area (Å²) < 4.78 is 18.4. The highest BCUT2D eigenvalue weighted by atomic mass is 19.1. The molecule has 0 unspecified atom stereocenters. The molecule has 5 nitrogen and oxygen atoms in total. The first-order chi connectivity index (χ1) is 11.1. The maximum absolute atomic E-state index is 13.7. The van der Waals surface area contributed by atoms with E-state index in [2.05, 4.69) is 15.3 Å². The Bertz CT molecular complexity index is 896. The van der Waals surface area contributed by atoms with Gasteiger partial charge in [-0.15, -0.1) is 0 Å². The van der Waals surface area contributed by atoms with Gasteiger partial charge in [-0.1, -0.05) is 18.2 Å². The van der Waals surface area contributed by atoms with Crippen LogP contribution in [0.5, 0.6) is 0 Å². The Kier molecular flexibility index (Phi) is 3.89. The van der Waals surface area contributed by atoms with Crippen LogP contribution in [-0.2, 0) is 4.74 Å². The molecule has 0 atom stereocenters. The minimum atomic E-state index is -0.613. The highest BCUT2D eigenvalue weighted by molar-refractivity contribution is 5.95. The van der Waals surface area contributed by atoms with Crippen molar-refractivity contribution in [1.29, 1.82) is 0 Å². The van der Waals surface area contributed by atoms with Gasteiger partial charge < -0.3 is 10.1 Å². The van der Waals surface area contributed by atoms with Gasteiger partial charge in [0.25, 0.3) is 0 Å². The normalized spacial score (nSPS) is 10.6. The molecule has 1 aromatic heterocycles. The van der Waals surface area contributed by atoms with E-state index >= 15 is 0 Å². The lowest BCUT2D eigenvalue weighted by Crippen LogP contribution is -2.10. The first-order valence-electron chi connectivity index (χ1n) is 6.97. The molecular formula is C17H14FN3O2. The lowest BCUT2D eigenvalue weighted by Gasteiger charge is -2.11. The van der Waals surface area contributed by atoms with E-state index in [1.807, 2.05) is 6.07 Å². The Morgan fingerprint density at radius 3 is 2.48 bits per heavy atom. The standard InChI is InChI=1S/C17H14FN3O2/c1-10-7-8-11(9-12(10)18)19-16-15(17(22)23-2)20-13-5-3-4-6-14(13)21-16/h3-9H,1-2H3,(H,19,21). The van der Waals surface area contributed by atoms with Crippen LogP contribution in [0.3, 0.4) is 0 Å². The van der Waals surface area contributed by atoms with Crippen molar-refractivity contribution in [2.24, 2.45) is 0 Å². The van der Waals surface area contributed by atoms with Crippen LogP contribution in [0.25, 0.3) is 11.0 Å². The van der Waals surface area contributed by atoms with E-state index in [9.17, 15) is 9.18 Å². The molecule has 116 valence electrons. The maximum Gasteiger partial charge on any atom is 0.360 e. The summed E-state index contributed by atoms with van der Waals surface area (Å²) in [6.07, 6.45) is 0. The number of benzene rings is 2. The number of carbonyl (C=O) groups excluding carboxylic acids is 1. The molecular weight excluding hydrogens is 297 g/mol. The van der Waals surface area contributed by atoms with Crippen LogP contribution >= 0.6 is 0 Å². The average Bonchev–Trinajstić information content (AvgIpc) is 2.57. The van der Waals surface area contributed by atoms with Gasteiger partial charge in [0.1, 0.15) is 5.82 Å². The summed E-state index contributed by atoms with van der Waals surface area (Å²) in [5.74, 6) is -0.736. The number of nitrogens with one attached hydrogen (secondary N) is 1. The summed E-state index contributed by atoms with van der Waals surface area (Å²) in [5, 5.41) is 2.93. The van der Waals surface area contributed by atoms with Crippen LogP contribution in [0, 0.1) is 12.7 Å². The summed E-state index contributed by atoms with van der Waals surface area (Å²) in [6, 6.07) is 11.9. The van der Waals surface area contributed by atoms with Crippen molar-refractivity contribution in [1.82, 2.24) is 9.97 Å². The highest BCUT2D eigenvalue weighted by Crippen LogP contribution is 2.23. The van der Waals surface area contributed by atoms with Crippen LogP contribution in [0.15, 0.2) is 42.5 Å². The molecule has 0 saturated heterocycles. The van der Waals surface area contributed by atoms with E-state index in [-0.39, 0.29) is 17.3 Å². The summed E-state index contributed by atoms with van der Waals surface area (Å²) in [4.78, 5) is 20.6. The Hall–Kier alpha value is -3.02. The number of carbonyl (C=O) groups is 1. The van der Waals surface area contributed by atoms with Crippen molar-refractivity contribution in [3.05, 3.63) is 59.5 Å². The third kappa shape index (κ3) is 2.96. The van der Waals surface area contributed by atoms with E-state index in [4.69, 9.17) is 4.74 Å². The molecule has 1 heterocycles. The highest BCUT2D eigenvalue weighted by Gasteiger charge is 2.17. The van der Waals surface area contributed by atoms with Crippen LogP contribution < -0.4 is 5.32 Å². The molecule has 0 spiro atoms. The Morgan fingerprint density at radius 1 is 1.13 bits per heavy atom. The molecule has 0 radical (unpaired) electrons. The number of para-hydroxylation sites is 2. The third-order valence-corrected chi connectivity index (χ3v) is 3.38. The molecule has 0 amide bonds. The van der Waals surface area contributed by atoms with Crippen LogP contribution in [-0.4, -0.2) is 23.0 Å². The third-order valence-electron chi connectivity index (χ3n) is 3.38. The topological polar surface area (TPSA) is 64.1 Å². The molecule has 0 aliphatic rings. The summed E-state index contributed by atoms with van der Waals surface area (Å²) >= 11 is 0. The molecule has 23 heavy (non-hydrogen) atoms. The molecule has 3 aromatic rings. The smallest absolute Gasteiger partial charge is 0.360 e. The molecule has 0 saturated carbocycles. The number of esters is 1. The van der Waals surface area contributed by atoms with E-state index < -0.39 is 5.97 Å². The fourth-order valence-corrected chi connectivity index (χ4v) is 2.13. The minimum Gasteiger partial charge on any atom is -0.464 e. The zero-order valence-electron chi connectivity index (χ0n) is 12.6. The van der Waals surface area contributed by atoms with Gasteiger partial charge in [0.2, 0.25) is 0 Å². The van der Waals surface area contributed by atoms with Gasteiger partial charge in [-0.25, -0.2) is 19.2 Å². The first kappa shape index (κ1) is 14.9. The molecule has 2 aromatic carbocycles. The Morgan fingerprint density at radius 2 is 1.83 bits per heavy atom. The molecule has 0 fully saturated rings. The minimum absolute atomic E-state index is 0.0483. The van der Waals surface area contributed by atoms with Gasteiger partial charge in [0.05, 0.1) is 18.1 Å². The van der Waals surface area contributed by atoms with Crippen molar-refractivity contribution >= 4 is 28.5 Å². The monoisotopic (exact) mass is 311 g/mol. The number of methoxy groups -OCH3 is 1. The van der Waals surface area contributed by atoms with Crippen molar-refractivity contribution in [3.8, 4) is 0 Å². The van der Waals surface area contributed by atoms with Gasteiger partial charge in [0.15, 0.2) is 11.5 Å². The quantitative estimate of drug-likeness (QED) is 0.749. The fraction of sp³-hybridized carbons (Fsp3) is 0.118. The molecule has 3 rings (SSSR count). The van der Waals surface area contributed by atoms with Gasteiger partial charge in [-0.3, -0.25) is 0 Å². The summed E-state index contributed by atoms with van der Waals surface area (Å²) in [6.45, 7) is 1.68. The lowest BCUT2D eigenvalue weighted by molar-refractivity contribution is 0.0595. The number of ether oxygens (including phenoxy) is 1. The van der Waals surface area contributed by atoms with Crippen molar-refractivity contribution < 1.29 is 13.9 Å². The maximum atomic E-state index is 13.7. The number of aromatic nitrogens is 2. The molecule has 0 aliphatic carbocycles. The number of rotatable bonds is 3. The van der Waals surface area contributed by atoms with Crippen molar-refractivity contribution in [3.63, 3.8) is 0 Å². The van der Waals surface area contributed by atoms with Gasteiger partial charge in [-0.2, -0.15) is 0 Å². The van der Waals surface area contributed by atoms with Crippen LogP contribution in [0.4, 0.5) is 15.9 Å². The molecule has 0 bridgehead atoms. The number of aryl methyl sites for hydroxylation is 1. The van der Waals surface area contributed by atoms with Gasteiger partial charge in [-0.05, 0) is 36.8 Å². The van der Waals surface area contributed by atoms with E-state index in [1.54, 1.807) is 37.3 Å². The predicted octanol–water partition coefficient (Wildman–Crippen LogP) is 3.61. The fourth-order valence-electron chi connectivity index (χ4n) is 2.13. The second-order valence-corrected chi connectivity index (χ2v) is 4.99. The number of hydrogen-bond donors (Lipinski definition) is 1. The number of fused-ring (bicyclic) bond motifs is 1. The SMILES string of the molecule is COC(=O)c1nc2ccccc2nc1Nc1ccc(C)c(F)c1. The summed E-state index contributed by atoms with van der Waals surface area (Å²) in [7, 11) is 1.27. The zero-order chi connectivity index (χ0) is 16.4. The second kappa shape index (κ2) is 6.00. The Balaban J connectivity index is 2.10. The predicted molar refractivity (Wildman–Crippen MR) is 85.3 cm³/mol. The number of nitrogens with zero attached hydrogens (tertiary/aromatic N) is 2. The van der Waals surface area contributed by atoms with E-state index in [1.165, 1.54) is 13.2 Å². The van der Waals surface area contributed by atoms with Crippen molar-refractivity contribution in [2.45, 2.75) is 6.92 Å². The Labute approximate surface area is 132 Å². The van der Waals surface area contributed by atoms with Crippen LogP contribution in [0.1, 0.15) is 16.1 Å². The van der Waals surface area contributed by atoms with Crippen LogP contribution in [0.2, 0.25) is 0 Å². The largest absolute Gasteiger partial charge is 0.464 e.